The minimum atomic E-state index is -1.12. The van der Waals surface area contributed by atoms with Crippen molar-refractivity contribution in [3.05, 3.63) is 29.8 Å². The summed E-state index contributed by atoms with van der Waals surface area (Å²) in [7, 11) is 0. The predicted octanol–water partition coefficient (Wildman–Crippen LogP) is -0.781. The molecule has 0 spiro atoms. The first-order chi connectivity index (χ1) is 8.40. The number of amides is 1. The van der Waals surface area contributed by atoms with Crippen LogP contribution in [0.4, 0.5) is 0 Å². The lowest BCUT2D eigenvalue weighted by molar-refractivity contribution is -0.268. The Labute approximate surface area is 104 Å². The van der Waals surface area contributed by atoms with Gasteiger partial charge in [-0.2, -0.15) is 0 Å². The van der Waals surface area contributed by atoms with E-state index in [2.05, 4.69) is 5.32 Å². The largest absolute Gasteiger partial charge is 0.872 e. The molecule has 1 amide bonds. The van der Waals surface area contributed by atoms with Crippen LogP contribution < -0.4 is 16.2 Å². The molecule has 18 heavy (non-hydrogen) atoms. The van der Waals surface area contributed by atoms with Crippen molar-refractivity contribution in [2.24, 2.45) is 5.73 Å². The number of aliphatic carboxylic acids is 1. The van der Waals surface area contributed by atoms with Crippen LogP contribution in [0.15, 0.2) is 24.3 Å². The van der Waals surface area contributed by atoms with Crippen molar-refractivity contribution in [2.75, 3.05) is 0 Å². The zero-order chi connectivity index (χ0) is 13.7. The molecule has 6 heteroatoms. The van der Waals surface area contributed by atoms with Gasteiger partial charge in [0.1, 0.15) is 6.04 Å². The highest BCUT2D eigenvalue weighted by Gasteiger charge is 2.19. The molecule has 98 valence electrons. The third-order valence-electron chi connectivity index (χ3n) is 2.44. The van der Waals surface area contributed by atoms with E-state index in [-0.39, 0.29) is 12.2 Å². The molecular formula is C12H15N2O4-. The molecule has 6 nitrogen and oxygen atoms in total. The molecular weight excluding hydrogens is 236 g/mol. The summed E-state index contributed by atoms with van der Waals surface area (Å²) in [5, 5.41) is 21.8. The average molecular weight is 251 g/mol. The lowest BCUT2D eigenvalue weighted by Crippen LogP contribution is -2.48. The fourth-order valence-electron chi connectivity index (χ4n) is 1.35. The summed E-state index contributed by atoms with van der Waals surface area (Å²) >= 11 is 0. The first-order valence-corrected chi connectivity index (χ1v) is 5.45. The van der Waals surface area contributed by atoms with E-state index in [1.807, 2.05) is 0 Å². The summed E-state index contributed by atoms with van der Waals surface area (Å²) in [6.07, 6.45) is 0.248. The van der Waals surface area contributed by atoms with Crippen LogP contribution >= 0.6 is 0 Å². The number of rotatable bonds is 5. The van der Waals surface area contributed by atoms with Crippen molar-refractivity contribution in [3.8, 4) is 5.75 Å². The smallest absolute Gasteiger partial charge is 0.325 e. The molecule has 0 aliphatic rings. The second kappa shape index (κ2) is 6.02. The molecule has 0 saturated heterocycles. The van der Waals surface area contributed by atoms with Crippen molar-refractivity contribution < 1.29 is 19.8 Å². The molecule has 0 fully saturated rings. The van der Waals surface area contributed by atoms with E-state index in [0.717, 1.165) is 5.56 Å². The average Bonchev–Trinajstić information content (AvgIpc) is 2.31. The number of carboxylic acids is 1. The fraction of sp³-hybridized carbons (Fsp3) is 0.333. The maximum atomic E-state index is 11.6. The minimum Gasteiger partial charge on any atom is -0.872 e. The Balaban J connectivity index is 2.54. The fourth-order valence-corrected chi connectivity index (χ4v) is 1.35. The molecule has 0 aromatic heterocycles. The maximum absolute atomic E-state index is 11.6. The molecule has 0 heterocycles. The molecule has 2 atom stereocenters. The van der Waals surface area contributed by atoms with Crippen LogP contribution in [0.3, 0.4) is 0 Å². The molecule has 0 bridgehead atoms. The third-order valence-corrected chi connectivity index (χ3v) is 2.44. The molecule has 0 unspecified atom stereocenters. The summed E-state index contributed by atoms with van der Waals surface area (Å²) in [5.74, 6) is -1.77. The molecule has 4 N–H and O–H groups in total. The number of hydrogen-bond donors (Lipinski definition) is 3. The Morgan fingerprint density at radius 3 is 2.44 bits per heavy atom. The van der Waals surface area contributed by atoms with Gasteiger partial charge in [-0.1, -0.05) is 24.3 Å². The van der Waals surface area contributed by atoms with Crippen LogP contribution in [-0.4, -0.2) is 29.1 Å². The van der Waals surface area contributed by atoms with Gasteiger partial charge in [-0.3, -0.25) is 9.59 Å². The number of nitrogens with two attached hydrogens (primary N) is 1. The van der Waals surface area contributed by atoms with Crippen molar-refractivity contribution in [3.63, 3.8) is 0 Å². The summed E-state index contributed by atoms with van der Waals surface area (Å²) in [6.45, 7) is 1.36. The number of benzene rings is 1. The summed E-state index contributed by atoms with van der Waals surface area (Å²) in [4.78, 5) is 22.1. The quantitative estimate of drug-likeness (QED) is 0.635. The highest BCUT2D eigenvalue weighted by Crippen LogP contribution is 2.08. The van der Waals surface area contributed by atoms with Crippen LogP contribution in [0.5, 0.6) is 5.75 Å². The van der Waals surface area contributed by atoms with Gasteiger partial charge < -0.3 is 21.3 Å². The van der Waals surface area contributed by atoms with Crippen LogP contribution in [0.1, 0.15) is 12.5 Å². The Bertz CT molecular complexity index is 430. The minimum absolute atomic E-state index is 0.115. The zero-order valence-corrected chi connectivity index (χ0v) is 9.92. The van der Waals surface area contributed by atoms with Crippen molar-refractivity contribution >= 4 is 11.9 Å². The first kappa shape index (κ1) is 14.0. The van der Waals surface area contributed by atoms with E-state index in [9.17, 15) is 14.7 Å². The van der Waals surface area contributed by atoms with Gasteiger partial charge in [0.25, 0.3) is 0 Å². The monoisotopic (exact) mass is 251 g/mol. The molecule has 0 saturated carbocycles. The van der Waals surface area contributed by atoms with Crippen LogP contribution in [0.25, 0.3) is 0 Å². The van der Waals surface area contributed by atoms with E-state index < -0.39 is 24.0 Å². The molecule has 1 aromatic carbocycles. The molecule has 0 aliphatic heterocycles. The van der Waals surface area contributed by atoms with Gasteiger partial charge in [0.15, 0.2) is 0 Å². The van der Waals surface area contributed by atoms with Gasteiger partial charge in [0, 0.05) is 0 Å². The van der Waals surface area contributed by atoms with Gasteiger partial charge in [-0.25, -0.2) is 0 Å². The van der Waals surface area contributed by atoms with Crippen LogP contribution in [0, 0.1) is 0 Å². The van der Waals surface area contributed by atoms with Crippen LogP contribution in [0.2, 0.25) is 0 Å². The Hall–Kier alpha value is -2.08. The summed E-state index contributed by atoms with van der Waals surface area (Å²) in [6, 6.07) is 4.14. The first-order valence-electron chi connectivity index (χ1n) is 5.45. The summed E-state index contributed by atoms with van der Waals surface area (Å²) in [5.41, 5.74) is 6.40. The molecule has 1 rings (SSSR count). The van der Waals surface area contributed by atoms with E-state index in [4.69, 9.17) is 10.8 Å². The Kier molecular flexibility index (Phi) is 4.67. The second-order valence-corrected chi connectivity index (χ2v) is 4.02. The van der Waals surface area contributed by atoms with Crippen molar-refractivity contribution in [2.45, 2.75) is 25.4 Å². The molecule has 0 aliphatic carbocycles. The Morgan fingerprint density at radius 1 is 1.39 bits per heavy atom. The SMILES string of the molecule is C[C@H](NC(=O)[C@@H](N)Cc1ccc([O-])cc1)C(=O)O. The summed E-state index contributed by atoms with van der Waals surface area (Å²) < 4.78 is 0. The highest BCUT2D eigenvalue weighted by molar-refractivity contribution is 5.86. The van der Waals surface area contributed by atoms with Gasteiger partial charge in [0.2, 0.25) is 5.91 Å². The normalized spacial score (nSPS) is 13.7. The van der Waals surface area contributed by atoms with E-state index in [1.54, 1.807) is 12.1 Å². The predicted molar refractivity (Wildman–Crippen MR) is 62.8 cm³/mol. The van der Waals surface area contributed by atoms with E-state index >= 15 is 0 Å². The van der Waals surface area contributed by atoms with Crippen molar-refractivity contribution in [1.82, 2.24) is 5.32 Å². The zero-order valence-electron chi connectivity index (χ0n) is 9.92. The molecule has 1 aromatic rings. The second-order valence-electron chi connectivity index (χ2n) is 4.02. The number of carbonyl (C=O) groups is 2. The van der Waals surface area contributed by atoms with Gasteiger partial charge in [-0.05, 0) is 18.9 Å². The highest BCUT2D eigenvalue weighted by atomic mass is 16.4. The lowest BCUT2D eigenvalue weighted by atomic mass is 10.1. The van der Waals surface area contributed by atoms with Gasteiger partial charge in [0.05, 0.1) is 6.04 Å². The number of nitrogens with one attached hydrogen (secondary N) is 1. The third kappa shape index (κ3) is 4.06. The van der Waals surface area contributed by atoms with Crippen LogP contribution in [-0.2, 0) is 16.0 Å². The number of hydrogen-bond acceptors (Lipinski definition) is 4. The van der Waals surface area contributed by atoms with Gasteiger partial charge in [-0.15, -0.1) is 5.75 Å². The number of carboxylic acid groups (broad SMARTS) is 1. The Morgan fingerprint density at radius 2 is 1.94 bits per heavy atom. The lowest BCUT2D eigenvalue weighted by Gasteiger charge is -2.15. The van der Waals surface area contributed by atoms with Crippen molar-refractivity contribution in [1.29, 1.82) is 0 Å². The topological polar surface area (TPSA) is 115 Å². The molecule has 0 radical (unpaired) electrons. The standard InChI is InChI=1S/C12H16N2O4/c1-7(12(17)18)14-11(16)10(13)6-8-2-4-9(15)5-3-8/h2-5,7,10,15H,6,13H2,1H3,(H,14,16)(H,17,18)/p-1/t7-,10-/m0/s1. The van der Waals surface area contributed by atoms with E-state index in [1.165, 1.54) is 19.1 Å². The van der Waals surface area contributed by atoms with Gasteiger partial charge >= 0.3 is 5.97 Å². The maximum Gasteiger partial charge on any atom is 0.325 e. The van der Waals surface area contributed by atoms with E-state index in [0.29, 0.717) is 0 Å². The number of carbonyl (C=O) groups excluding carboxylic acids is 1.